The Hall–Kier alpha value is -1.73. The fourth-order valence-corrected chi connectivity index (χ4v) is 2.41. The minimum Gasteiger partial charge on any atom is -0.328 e. The number of hydrogen-bond donors (Lipinski definition) is 1. The molecule has 0 spiro atoms. The van der Waals surface area contributed by atoms with Crippen molar-refractivity contribution in [3.63, 3.8) is 0 Å². The lowest BCUT2D eigenvalue weighted by Crippen LogP contribution is -2.17. The first-order valence-corrected chi connectivity index (χ1v) is 6.94. The summed E-state index contributed by atoms with van der Waals surface area (Å²) in [5.41, 5.74) is 7.83. The van der Waals surface area contributed by atoms with Crippen LogP contribution in [-0.4, -0.2) is 20.7 Å². The van der Waals surface area contributed by atoms with Crippen LogP contribution in [0.5, 0.6) is 0 Å². The van der Waals surface area contributed by atoms with Gasteiger partial charge in [0, 0.05) is 28.8 Å². The second-order valence-electron chi connectivity index (χ2n) is 4.76. The number of hydrogen-bond acceptors (Lipinski definition) is 4. The Morgan fingerprint density at radius 3 is 2.90 bits per heavy atom. The molecule has 2 aromatic rings. The van der Waals surface area contributed by atoms with Crippen molar-refractivity contribution in [2.45, 2.75) is 25.9 Å². The van der Waals surface area contributed by atoms with Crippen molar-refractivity contribution < 1.29 is 4.92 Å². The zero-order chi connectivity index (χ0) is 14.7. The van der Waals surface area contributed by atoms with Crippen molar-refractivity contribution >= 4 is 21.6 Å². The van der Waals surface area contributed by atoms with Crippen LogP contribution in [0.3, 0.4) is 0 Å². The molecule has 0 radical (unpaired) electrons. The van der Waals surface area contributed by atoms with E-state index in [0.717, 1.165) is 17.5 Å². The summed E-state index contributed by atoms with van der Waals surface area (Å²) in [6.45, 7) is 2.50. The molecule has 1 heterocycles. The molecular formula is C13H15BrN4O2. The number of rotatable bonds is 5. The topological polar surface area (TPSA) is 87.0 Å². The quantitative estimate of drug-likeness (QED) is 0.670. The normalized spacial score (nSPS) is 12.3. The number of benzene rings is 1. The van der Waals surface area contributed by atoms with Crippen LogP contribution in [0.1, 0.15) is 18.1 Å². The van der Waals surface area contributed by atoms with Crippen LogP contribution >= 0.6 is 15.9 Å². The Labute approximate surface area is 124 Å². The molecule has 2 rings (SSSR count). The first-order valence-electron chi connectivity index (χ1n) is 6.15. The molecule has 1 atom stereocenters. The van der Waals surface area contributed by atoms with Gasteiger partial charge in [-0.2, -0.15) is 5.10 Å². The van der Waals surface area contributed by atoms with Crippen LogP contribution in [0.15, 0.2) is 35.1 Å². The molecule has 1 aromatic carbocycles. The molecule has 0 fully saturated rings. The van der Waals surface area contributed by atoms with Crippen molar-refractivity contribution in [2.75, 3.05) is 0 Å². The van der Waals surface area contributed by atoms with E-state index in [0.29, 0.717) is 11.0 Å². The van der Waals surface area contributed by atoms with Gasteiger partial charge >= 0.3 is 0 Å². The SMILES string of the molecule is CC(N)Cc1cnn(Cc2ccc([N+](=O)[O-])cc2Br)c1. The Bertz CT molecular complexity index is 625. The van der Waals surface area contributed by atoms with Crippen LogP contribution < -0.4 is 5.73 Å². The molecule has 0 aliphatic carbocycles. The number of nitrogens with two attached hydrogens (primary N) is 1. The highest BCUT2D eigenvalue weighted by molar-refractivity contribution is 9.10. The molecule has 0 aliphatic rings. The van der Waals surface area contributed by atoms with Gasteiger partial charge in [0.1, 0.15) is 0 Å². The van der Waals surface area contributed by atoms with Crippen molar-refractivity contribution in [3.8, 4) is 0 Å². The summed E-state index contributed by atoms with van der Waals surface area (Å²) in [5.74, 6) is 0. The predicted molar refractivity (Wildman–Crippen MR) is 79.5 cm³/mol. The van der Waals surface area contributed by atoms with E-state index in [1.54, 1.807) is 16.9 Å². The van der Waals surface area contributed by atoms with Crippen LogP contribution in [-0.2, 0) is 13.0 Å². The summed E-state index contributed by atoms with van der Waals surface area (Å²) in [5, 5.41) is 15.0. The molecule has 0 saturated carbocycles. The number of nitrogens with zero attached hydrogens (tertiary/aromatic N) is 3. The number of aromatic nitrogens is 2. The Kier molecular flexibility index (Phi) is 4.51. The van der Waals surface area contributed by atoms with Crippen molar-refractivity contribution in [2.24, 2.45) is 5.73 Å². The molecule has 2 N–H and O–H groups in total. The zero-order valence-electron chi connectivity index (χ0n) is 11.0. The van der Waals surface area contributed by atoms with Crippen LogP contribution in [0.4, 0.5) is 5.69 Å². The molecule has 7 heteroatoms. The fourth-order valence-electron chi connectivity index (χ4n) is 1.92. The summed E-state index contributed by atoms with van der Waals surface area (Å²) >= 11 is 3.35. The second kappa shape index (κ2) is 6.15. The number of nitro benzene ring substituents is 1. The molecule has 0 amide bonds. The summed E-state index contributed by atoms with van der Waals surface area (Å²) < 4.78 is 2.50. The standard InChI is InChI=1S/C13H15BrN4O2/c1-9(15)4-10-6-16-17(7-10)8-11-2-3-12(18(19)20)5-13(11)14/h2-3,5-7,9H,4,8,15H2,1H3. The number of halogens is 1. The first-order chi connectivity index (χ1) is 9.45. The molecule has 0 aliphatic heterocycles. The summed E-state index contributed by atoms with van der Waals surface area (Å²) in [7, 11) is 0. The summed E-state index contributed by atoms with van der Waals surface area (Å²) in [6.07, 6.45) is 4.52. The smallest absolute Gasteiger partial charge is 0.270 e. The lowest BCUT2D eigenvalue weighted by Gasteiger charge is -2.05. The van der Waals surface area contributed by atoms with Gasteiger partial charge in [-0.3, -0.25) is 14.8 Å². The second-order valence-corrected chi connectivity index (χ2v) is 5.61. The molecule has 1 aromatic heterocycles. The van der Waals surface area contributed by atoms with Gasteiger partial charge in [0.2, 0.25) is 0 Å². The van der Waals surface area contributed by atoms with E-state index in [9.17, 15) is 10.1 Å². The van der Waals surface area contributed by atoms with E-state index in [-0.39, 0.29) is 11.7 Å². The monoisotopic (exact) mass is 338 g/mol. The summed E-state index contributed by atoms with van der Waals surface area (Å²) in [4.78, 5) is 10.3. The minimum atomic E-state index is -0.414. The maximum absolute atomic E-state index is 10.7. The maximum atomic E-state index is 10.7. The molecule has 6 nitrogen and oxygen atoms in total. The highest BCUT2D eigenvalue weighted by atomic mass is 79.9. The van der Waals surface area contributed by atoms with E-state index in [1.807, 2.05) is 13.1 Å². The minimum absolute atomic E-state index is 0.0683. The third-order valence-corrected chi connectivity index (χ3v) is 3.56. The van der Waals surface area contributed by atoms with E-state index in [4.69, 9.17) is 5.73 Å². The summed E-state index contributed by atoms with van der Waals surface area (Å²) in [6, 6.07) is 4.82. The lowest BCUT2D eigenvalue weighted by molar-refractivity contribution is -0.384. The van der Waals surface area contributed by atoms with Gasteiger partial charge in [-0.25, -0.2) is 0 Å². The van der Waals surface area contributed by atoms with E-state index < -0.39 is 4.92 Å². The van der Waals surface area contributed by atoms with Gasteiger partial charge in [0.25, 0.3) is 5.69 Å². The van der Waals surface area contributed by atoms with Gasteiger partial charge in [-0.15, -0.1) is 0 Å². The largest absolute Gasteiger partial charge is 0.328 e. The van der Waals surface area contributed by atoms with Crippen molar-refractivity contribution in [1.82, 2.24) is 9.78 Å². The fraction of sp³-hybridized carbons (Fsp3) is 0.308. The third kappa shape index (κ3) is 3.64. The lowest BCUT2D eigenvalue weighted by atomic mass is 10.1. The third-order valence-electron chi connectivity index (χ3n) is 2.82. The van der Waals surface area contributed by atoms with Crippen molar-refractivity contribution in [1.29, 1.82) is 0 Å². The number of non-ortho nitro benzene ring substituents is 1. The van der Waals surface area contributed by atoms with Crippen LogP contribution in [0.25, 0.3) is 0 Å². The average Bonchev–Trinajstić information content (AvgIpc) is 2.78. The van der Waals surface area contributed by atoms with E-state index in [2.05, 4.69) is 21.0 Å². The number of nitro groups is 1. The maximum Gasteiger partial charge on any atom is 0.270 e. The van der Waals surface area contributed by atoms with Crippen LogP contribution in [0, 0.1) is 10.1 Å². The van der Waals surface area contributed by atoms with E-state index >= 15 is 0 Å². The average molecular weight is 339 g/mol. The highest BCUT2D eigenvalue weighted by Crippen LogP contribution is 2.23. The molecule has 0 bridgehead atoms. The van der Waals surface area contributed by atoms with Crippen LogP contribution in [0.2, 0.25) is 0 Å². The molecule has 106 valence electrons. The van der Waals surface area contributed by atoms with Gasteiger partial charge in [0.15, 0.2) is 0 Å². The van der Waals surface area contributed by atoms with Gasteiger partial charge in [0.05, 0.1) is 17.7 Å². The molecule has 1 unspecified atom stereocenters. The Morgan fingerprint density at radius 1 is 1.55 bits per heavy atom. The molecular weight excluding hydrogens is 324 g/mol. The zero-order valence-corrected chi connectivity index (χ0v) is 12.6. The van der Waals surface area contributed by atoms with Gasteiger partial charge < -0.3 is 5.73 Å². The van der Waals surface area contributed by atoms with Crippen molar-refractivity contribution in [3.05, 3.63) is 56.3 Å². The molecule has 20 heavy (non-hydrogen) atoms. The molecule has 0 saturated heterocycles. The Morgan fingerprint density at radius 2 is 2.30 bits per heavy atom. The van der Waals surface area contributed by atoms with E-state index in [1.165, 1.54) is 12.1 Å². The van der Waals surface area contributed by atoms with Gasteiger partial charge in [-0.05, 0) is 30.5 Å². The van der Waals surface area contributed by atoms with Gasteiger partial charge in [-0.1, -0.05) is 15.9 Å². The Balaban J connectivity index is 2.13. The predicted octanol–water partition coefficient (Wildman–Crippen LogP) is 2.49. The first kappa shape index (κ1) is 14.7. The highest BCUT2D eigenvalue weighted by Gasteiger charge is 2.10.